The number of nitrogens with zero attached hydrogens (tertiary/aromatic N) is 3. The number of rotatable bonds is 5. The highest BCUT2D eigenvalue weighted by Gasteiger charge is 2.51. The number of amides is 1. The Morgan fingerprint density at radius 2 is 2.16 bits per heavy atom. The summed E-state index contributed by atoms with van der Waals surface area (Å²) in [6.07, 6.45) is -2.43. The van der Waals surface area contributed by atoms with Gasteiger partial charge in [0.05, 0.1) is 30.1 Å². The molecule has 1 amide bonds. The van der Waals surface area contributed by atoms with Crippen LogP contribution in [0.4, 0.5) is 18.9 Å². The molecule has 0 radical (unpaired) electrons. The van der Waals surface area contributed by atoms with Crippen molar-refractivity contribution in [1.29, 1.82) is 5.26 Å². The molecule has 0 saturated carbocycles. The number of hydrogen-bond donors (Lipinski definition) is 0. The molecule has 2 aliphatic rings. The molecule has 2 aromatic rings. The fourth-order valence-electron chi connectivity index (χ4n) is 4.88. The van der Waals surface area contributed by atoms with Crippen LogP contribution in [0.15, 0.2) is 41.0 Å². The maximum atomic E-state index is 13.5. The number of halogens is 3. The third-order valence-corrected chi connectivity index (χ3v) is 6.47. The molecule has 32 heavy (non-hydrogen) atoms. The van der Waals surface area contributed by atoms with E-state index in [0.29, 0.717) is 45.1 Å². The molecule has 0 unspecified atom stereocenters. The highest BCUT2D eigenvalue weighted by Crippen LogP contribution is 2.45. The molecular weight excluding hydrogens is 423 g/mol. The van der Waals surface area contributed by atoms with Crippen molar-refractivity contribution in [3.05, 3.63) is 53.5 Å². The van der Waals surface area contributed by atoms with Gasteiger partial charge in [-0.25, -0.2) is 0 Å². The average Bonchev–Trinajstić information content (AvgIpc) is 3.44. The lowest BCUT2D eigenvalue weighted by Gasteiger charge is -2.43. The van der Waals surface area contributed by atoms with E-state index in [9.17, 15) is 18.0 Å². The Morgan fingerprint density at radius 3 is 2.81 bits per heavy atom. The number of alkyl halides is 3. The summed E-state index contributed by atoms with van der Waals surface area (Å²) < 4.78 is 51.5. The van der Waals surface area contributed by atoms with Crippen LogP contribution in [0.5, 0.6) is 0 Å². The molecule has 0 bridgehead atoms. The molecule has 0 aliphatic carbocycles. The molecule has 2 fully saturated rings. The summed E-state index contributed by atoms with van der Waals surface area (Å²) in [4.78, 5) is 16.5. The second-order valence-corrected chi connectivity index (χ2v) is 8.41. The highest BCUT2D eigenvalue weighted by molar-refractivity contribution is 5.91. The molecule has 4 rings (SSSR count). The van der Waals surface area contributed by atoms with Crippen LogP contribution in [0.2, 0.25) is 0 Å². The van der Waals surface area contributed by atoms with Crippen molar-refractivity contribution in [2.45, 2.75) is 19.5 Å². The van der Waals surface area contributed by atoms with Crippen molar-refractivity contribution in [3.63, 3.8) is 0 Å². The van der Waals surface area contributed by atoms with Gasteiger partial charge in [-0.3, -0.25) is 4.79 Å². The Balaban J connectivity index is 1.61. The lowest BCUT2D eigenvalue weighted by Crippen LogP contribution is -2.53. The van der Waals surface area contributed by atoms with Gasteiger partial charge in [-0.1, -0.05) is 0 Å². The van der Waals surface area contributed by atoms with Gasteiger partial charge in [-0.2, -0.15) is 18.4 Å². The van der Waals surface area contributed by atoms with Crippen molar-refractivity contribution in [1.82, 2.24) is 4.90 Å². The lowest BCUT2D eigenvalue weighted by atomic mass is 9.74. The molecule has 2 aliphatic heterocycles. The summed E-state index contributed by atoms with van der Waals surface area (Å²) in [5.74, 6) is 0.243. The van der Waals surface area contributed by atoms with Crippen LogP contribution < -0.4 is 4.90 Å². The zero-order valence-corrected chi connectivity index (χ0v) is 17.7. The number of hydrogen-bond acceptors (Lipinski definition) is 5. The van der Waals surface area contributed by atoms with Crippen molar-refractivity contribution in [2.24, 2.45) is 11.3 Å². The summed E-state index contributed by atoms with van der Waals surface area (Å²) >= 11 is 0. The first kappa shape index (κ1) is 22.2. The van der Waals surface area contributed by atoms with Gasteiger partial charge in [0.1, 0.15) is 0 Å². The van der Waals surface area contributed by atoms with Crippen LogP contribution in [0.1, 0.15) is 35.0 Å². The van der Waals surface area contributed by atoms with E-state index in [1.165, 1.54) is 12.3 Å². The summed E-state index contributed by atoms with van der Waals surface area (Å²) in [7, 11) is 0. The van der Waals surface area contributed by atoms with Gasteiger partial charge in [-0.05, 0) is 49.6 Å². The number of ether oxygens (including phenoxy) is 1. The predicted molar refractivity (Wildman–Crippen MR) is 110 cm³/mol. The minimum Gasteiger partial charge on any atom is -0.459 e. The van der Waals surface area contributed by atoms with E-state index in [-0.39, 0.29) is 17.6 Å². The molecule has 6 nitrogen and oxygen atoms in total. The van der Waals surface area contributed by atoms with E-state index in [1.54, 1.807) is 29.2 Å². The first-order valence-electron chi connectivity index (χ1n) is 10.5. The standard InChI is InChI=1S/C23H24F3N3O3/c1-2-31-15-22-13-28(21(30)20-4-3-9-32-20)8-7-17(22)12-29(14-22)18-6-5-16(11-27)19(10-18)23(24,25)26/h3-6,9-10,17H,2,7-8,12-15H2,1H3/t17-,22+/m0/s1. The fourth-order valence-corrected chi connectivity index (χ4v) is 4.88. The second kappa shape index (κ2) is 8.51. The quantitative estimate of drug-likeness (QED) is 0.688. The van der Waals surface area contributed by atoms with Crippen LogP contribution in [0, 0.1) is 22.7 Å². The number of piperidine rings is 1. The molecule has 9 heteroatoms. The Morgan fingerprint density at radius 1 is 1.34 bits per heavy atom. The van der Waals surface area contributed by atoms with Gasteiger partial charge in [0.2, 0.25) is 0 Å². The van der Waals surface area contributed by atoms with Crippen molar-refractivity contribution in [3.8, 4) is 6.07 Å². The maximum absolute atomic E-state index is 13.5. The number of carbonyl (C=O) groups is 1. The Hall–Kier alpha value is -2.99. The maximum Gasteiger partial charge on any atom is 0.417 e. The summed E-state index contributed by atoms with van der Waals surface area (Å²) in [5.41, 5.74) is -1.30. The van der Waals surface area contributed by atoms with Crippen LogP contribution in [-0.4, -0.2) is 50.2 Å². The smallest absolute Gasteiger partial charge is 0.417 e. The number of nitriles is 1. The topological polar surface area (TPSA) is 69.7 Å². The highest BCUT2D eigenvalue weighted by atomic mass is 19.4. The van der Waals surface area contributed by atoms with E-state index < -0.39 is 22.7 Å². The van der Waals surface area contributed by atoms with Gasteiger partial charge in [0.25, 0.3) is 5.91 Å². The van der Waals surface area contributed by atoms with Crippen LogP contribution >= 0.6 is 0 Å². The molecule has 2 atom stereocenters. The van der Waals surface area contributed by atoms with Crippen LogP contribution in [0.3, 0.4) is 0 Å². The molecule has 1 aromatic carbocycles. The number of likely N-dealkylation sites (tertiary alicyclic amines) is 1. The molecule has 3 heterocycles. The Kier molecular flexibility index (Phi) is 5.91. The Labute approximate surface area is 184 Å². The van der Waals surface area contributed by atoms with Crippen molar-refractivity contribution in [2.75, 3.05) is 44.3 Å². The molecule has 170 valence electrons. The third kappa shape index (κ3) is 4.07. The predicted octanol–water partition coefficient (Wildman–Crippen LogP) is 4.18. The van der Waals surface area contributed by atoms with Crippen molar-refractivity contribution >= 4 is 11.6 Å². The monoisotopic (exact) mass is 447 g/mol. The molecular formula is C23H24F3N3O3. The zero-order chi connectivity index (χ0) is 22.9. The molecule has 0 spiro atoms. The first-order valence-corrected chi connectivity index (χ1v) is 10.5. The number of carbonyl (C=O) groups excluding carboxylic acids is 1. The second-order valence-electron chi connectivity index (χ2n) is 8.41. The van der Waals surface area contributed by atoms with Gasteiger partial charge in [0, 0.05) is 43.9 Å². The number of anilines is 1. The number of fused-ring (bicyclic) bond motifs is 1. The molecule has 2 saturated heterocycles. The minimum absolute atomic E-state index is 0.166. The van der Waals surface area contributed by atoms with Gasteiger partial charge >= 0.3 is 6.18 Å². The summed E-state index contributed by atoms with van der Waals surface area (Å²) in [5, 5.41) is 9.08. The molecule has 0 N–H and O–H groups in total. The average molecular weight is 447 g/mol. The lowest BCUT2D eigenvalue weighted by molar-refractivity contribution is -0.137. The third-order valence-electron chi connectivity index (χ3n) is 6.47. The van der Waals surface area contributed by atoms with E-state index in [1.807, 2.05) is 11.8 Å². The van der Waals surface area contributed by atoms with Gasteiger partial charge in [-0.15, -0.1) is 0 Å². The largest absolute Gasteiger partial charge is 0.459 e. The van der Waals surface area contributed by atoms with Gasteiger partial charge in [0.15, 0.2) is 5.76 Å². The van der Waals surface area contributed by atoms with E-state index in [4.69, 9.17) is 14.4 Å². The molecule has 1 aromatic heterocycles. The Bertz CT molecular complexity index is 1020. The number of benzene rings is 1. The minimum atomic E-state index is -4.61. The first-order chi connectivity index (χ1) is 15.3. The van der Waals surface area contributed by atoms with Gasteiger partial charge < -0.3 is 19.0 Å². The number of furan rings is 1. The van der Waals surface area contributed by atoms with Crippen molar-refractivity contribution < 1.29 is 27.1 Å². The normalized spacial score (nSPS) is 23.2. The summed E-state index contributed by atoms with van der Waals surface area (Å²) in [6, 6.07) is 8.75. The zero-order valence-electron chi connectivity index (χ0n) is 17.7. The van der Waals surface area contributed by atoms with E-state index in [0.717, 1.165) is 12.5 Å². The fraction of sp³-hybridized carbons (Fsp3) is 0.478. The van der Waals surface area contributed by atoms with E-state index >= 15 is 0 Å². The SMILES string of the molecule is CCOC[C@]12CN(C(=O)c3ccco3)CC[C@H]1CN(c1ccc(C#N)c(C(F)(F)F)c1)C2. The van der Waals surface area contributed by atoms with Crippen LogP contribution in [0.25, 0.3) is 0 Å². The van der Waals surface area contributed by atoms with E-state index in [2.05, 4.69) is 0 Å². The van der Waals surface area contributed by atoms with Crippen LogP contribution in [-0.2, 0) is 10.9 Å². The summed E-state index contributed by atoms with van der Waals surface area (Å²) in [6.45, 7) is 4.83.